The number of amides is 1. The first-order valence-electron chi connectivity index (χ1n) is 6.42. The molecule has 0 aliphatic heterocycles. The van der Waals surface area contributed by atoms with E-state index >= 15 is 0 Å². The maximum Gasteiger partial charge on any atom is 0.265 e. The molecule has 0 radical (unpaired) electrons. The van der Waals surface area contributed by atoms with Crippen molar-refractivity contribution in [3.63, 3.8) is 0 Å². The van der Waals surface area contributed by atoms with Crippen LogP contribution in [-0.4, -0.2) is 18.3 Å². The van der Waals surface area contributed by atoms with Crippen molar-refractivity contribution in [3.8, 4) is 0 Å². The molecule has 0 saturated carbocycles. The van der Waals surface area contributed by atoms with Gasteiger partial charge < -0.3 is 15.9 Å². The number of hydrogen-bond acceptors (Lipinski definition) is 4. The molecule has 21 heavy (non-hydrogen) atoms. The van der Waals surface area contributed by atoms with Crippen molar-refractivity contribution in [2.45, 2.75) is 13.8 Å². The summed E-state index contributed by atoms with van der Waals surface area (Å²) in [6.45, 7) is 3.77. The Morgan fingerprint density at radius 1 is 1.33 bits per heavy atom. The number of anilines is 1. The van der Waals surface area contributed by atoms with Crippen molar-refractivity contribution < 1.29 is 9.63 Å². The fourth-order valence-electron chi connectivity index (χ4n) is 1.87. The molecule has 3 N–H and O–H groups in total. The van der Waals surface area contributed by atoms with E-state index in [-0.39, 0.29) is 18.3 Å². The number of carbonyl (C=O) groups excluding carboxylic acids is 1. The molecule has 1 heterocycles. The molecule has 0 atom stereocenters. The minimum absolute atomic E-state index is 0.181. The highest BCUT2D eigenvalue weighted by Crippen LogP contribution is 2.13. The van der Waals surface area contributed by atoms with Crippen molar-refractivity contribution in [1.82, 2.24) is 0 Å². The van der Waals surface area contributed by atoms with Crippen molar-refractivity contribution in [2.24, 2.45) is 10.9 Å². The average Bonchev–Trinajstić information content (AvgIpc) is 2.90. The van der Waals surface area contributed by atoms with Crippen LogP contribution in [0, 0.1) is 13.8 Å². The van der Waals surface area contributed by atoms with Crippen molar-refractivity contribution in [3.05, 3.63) is 51.7 Å². The third-order valence-electron chi connectivity index (χ3n) is 2.64. The Hall–Kier alpha value is -2.34. The van der Waals surface area contributed by atoms with Gasteiger partial charge in [0.1, 0.15) is 0 Å². The number of nitrogens with zero attached hydrogens (tertiary/aromatic N) is 1. The summed E-state index contributed by atoms with van der Waals surface area (Å²) in [4.78, 5) is 17.5. The monoisotopic (exact) mass is 303 g/mol. The minimum atomic E-state index is -0.275. The summed E-state index contributed by atoms with van der Waals surface area (Å²) in [5.74, 6) is -0.00747. The Morgan fingerprint density at radius 2 is 2.05 bits per heavy atom. The molecule has 1 aromatic heterocycles. The summed E-state index contributed by atoms with van der Waals surface area (Å²) < 4.78 is 0. The van der Waals surface area contributed by atoms with E-state index in [0.717, 1.165) is 21.7 Å². The van der Waals surface area contributed by atoms with Gasteiger partial charge in [-0.25, -0.2) is 0 Å². The van der Waals surface area contributed by atoms with Crippen molar-refractivity contribution in [1.29, 1.82) is 0 Å². The molecule has 2 aromatic rings. The number of nitrogens with one attached hydrogen (secondary N) is 1. The van der Waals surface area contributed by atoms with Crippen LogP contribution in [0.5, 0.6) is 0 Å². The summed E-state index contributed by atoms with van der Waals surface area (Å²) >= 11 is 1.46. The number of carbonyl (C=O) groups is 1. The normalized spacial score (nSPS) is 11.2. The van der Waals surface area contributed by atoms with E-state index in [0.29, 0.717) is 0 Å². The number of amidine groups is 1. The predicted molar refractivity (Wildman–Crippen MR) is 85.5 cm³/mol. The van der Waals surface area contributed by atoms with Crippen LogP contribution in [0.3, 0.4) is 0 Å². The van der Waals surface area contributed by atoms with Crippen LogP contribution >= 0.6 is 11.3 Å². The molecule has 2 rings (SSSR count). The first kappa shape index (κ1) is 15.1. The van der Waals surface area contributed by atoms with Crippen LogP contribution in [0.1, 0.15) is 16.0 Å². The second-order valence-corrected chi connectivity index (χ2v) is 5.60. The fourth-order valence-corrected chi connectivity index (χ4v) is 2.49. The maximum atomic E-state index is 11.8. The first-order chi connectivity index (χ1) is 10.0. The first-order valence-corrected chi connectivity index (χ1v) is 7.30. The average molecular weight is 303 g/mol. The van der Waals surface area contributed by atoms with Crippen LogP contribution in [0.4, 0.5) is 5.69 Å². The highest BCUT2D eigenvalue weighted by atomic mass is 32.1. The number of nitrogens with two attached hydrogens (primary N) is 1. The van der Waals surface area contributed by atoms with E-state index in [2.05, 4.69) is 10.5 Å². The lowest BCUT2D eigenvalue weighted by Gasteiger charge is -2.07. The van der Waals surface area contributed by atoms with Gasteiger partial charge in [0.2, 0.25) is 0 Å². The zero-order valence-corrected chi connectivity index (χ0v) is 12.7. The van der Waals surface area contributed by atoms with Gasteiger partial charge in [0.25, 0.3) is 5.91 Å². The van der Waals surface area contributed by atoms with E-state index in [1.54, 1.807) is 0 Å². The lowest BCUT2D eigenvalue weighted by Crippen LogP contribution is -2.19. The molecule has 0 aliphatic carbocycles. The summed E-state index contributed by atoms with van der Waals surface area (Å²) in [5, 5.41) is 8.38. The van der Waals surface area contributed by atoms with E-state index in [1.165, 1.54) is 11.3 Å². The lowest BCUT2D eigenvalue weighted by molar-refractivity contribution is -0.120. The van der Waals surface area contributed by atoms with Gasteiger partial charge in [0, 0.05) is 5.69 Å². The standard InChI is InChI=1S/C15H17N3O2S/c1-10-6-11(2)8-12(7-10)17-14(19)9-20-18-15(16)13-4-3-5-21-13/h3-8H,9H2,1-2H3,(H2,16,18)(H,17,19). The smallest absolute Gasteiger partial charge is 0.265 e. The maximum absolute atomic E-state index is 11.8. The van der Waals surface area contributed by atoms with E-state index in [4.69, 9.17) is 10.6 Å². The van der Waals surface area contributed by atoms with Gasteiger partial charge in [-0.2, -0.15) is 0 Å². The second-order valence-electron chi connectivity index (χ2n) is 4.65. The molecule has 0 fully saturated rings. The SMILES string of the molecule is Cc1cc(C)cc(NC(=O)CO/N=C(\N)c2cccs2)c1. The van der Waals surface area contributed by atoms with E-state index < -0.39 is 0 Å². The van der Waals surface area contributed by atoms with Crippen LogP contribution in [0.25, 0.3) is 0 Å². The molecule has 6 heteroatoms. The number of aryl methyl sites for hydroxylation is 2. The van der Waals surface area contributed by atoms with Gasteiger partial charge in [-0.1, -0.05) is 17.3 Å². The van der Waals surface area contributed by atoms with Gasteiger partial charge in [0.15, 0.2) is 12.4 Å². The van der Waals surface area contributed by atoms with Gasteiger partial charge >= 0.3 is 0 Å². The van der Waals surface area contributed by atoms with Crippen molar-refractivity contribution >= 4 is 28.8 Å². The number of oxime groups is 1. The highest BCUT2D eigenvalue weighted by Gasteiger charge is 2.05. The third kappa shape index (κ3) is 4.61. The molecule has 0 aliphatic rings. The lowest BCUT2D eigenvalue weighted by atomic mass is 10.1. The van der Waals surface area contributed by atoms with E-state index in [9.17, 15) is 4.79 Å². The largest absolute Gasteiger partial charge is 0.384 e. The molecule has 0 spiro atoms. The van der Waals surface area contributed by atoms with Crippen LogP contribution in [0.2, 0.25) is 0 Å². The number of hydrogen-bond donors (Lipinski definition) is 2. The van der Waals surface area contributed by atoms with Gasteiger partial charge in [0.05, 0.1) is 4.88 Å². The molecule has 1 aromatic carbocycles. The molecule has 0 unspecified atom stereocenters. The minimum Gasteiger partial charge on any atom is -0.384 e. The van der Waals surface area contributed by atoms with Gasteiger partial charge in [-0.15, -0.1) is 11.3 Å². The topological polar surface area (TPSA) is 76.7 Å². The molecule has 0 bridgehead atoms. The molecule has 110 valence electrons. The quantitative estimate of drug-likeness (QED) is 0.506. The second kappa shape index (κ2) is 6.90. The summed E-state index contributed by atoms with van der Waals surface area (Å²) in [7, 11) is 0. The Bertz CT molecular complexity index is 631. The number of benzene rings is 1. The van der Waals surface area contributed by atoms with Crippen LogP contribution < -0.4 is 11.1 Å². The Kier molecular flexibility index (Phi) is 4.94. The third-order valence-corrected chi connectivity index (χ3v) is 3.53. The molecule has 0 saturated heterocycles. The summed E-state index contributed by atoms with van der Waals surface area (Å²) in [6, 6.07) is 9.54. The fraction of sp³-hybridized carbons (Fsp3) is 0.200. The molecular formula is C15H17N3O2S. The van der Waals surface area contributed by atoms with Crippen molar-refractivity contribution in [2.75, 3.05) is 11.9 Å². The number of thiophene rings is 1. The Balaban J connectivity index is 1.86. The van der Waals surface area contributed by atoms with Gasteiger partial charge in [-0.05, 0) is 48.6 Å². The predicted octanol–water partition coefficient (Wildman–Crippen LogP) is 2.64. The summed E-state index contributed by atoms with van der Waals surface area (Å²) in [6.07, 6.45) is 0. The van der Waals surface area contributed by atoms with E-state index in [1.807, 2.05) is 49.6 Å². The number of rotatable bonds is 5. The zero-order chi connectivity index (χ0) is 15.2. The van der Waals surface area contributed by atoms with Crippen LogP contribution in [-0.2, 0) is 9.63 Å². The Labute approximate surface area is 127 Å². The molecular weight excluding hydrogens is 286 g/mol. The Morgan fingerprint density at radius 3 is 2.67 bits per heavy atom. The highest BCUT2D eigenvalue weighted by molar-refractivity contribution is 7.12. The zero-order valence-electron chi connectivity index (χ0n) is 11.9. The van der Waals surface area contributed by atoms with Crippen LogP contribution in [0.15, 0.2) is 40.9 Å². The molecule has 5 nitrogen and oxygen atoms in total. The summed E-state index contributed by atoms with van der Waals surface area (Å²) in [5.41, 5.74) is 8.65. The molecule has 1 amide bonds. The van der Waals surface area contributed by atoms with Gasteiger partial charge in [-0.3, -0.25) is 4.79 Å².